The van der Waals surface area contributed by atoms with E-state index in [4.69, 9.17) is 4.74 Å². The van der Waals surface area contributed by atoms with Gasteiger partial charge in [0, 0.05) is 18.2 Å². The van der Waals surface area contributed by atoms with Crippen molar-refractivity contribution < 1.29 is 4.74 Å². The number of nitrogens with zero attached hydrogens (tertiary/aromatic N) is 1. The number of hydrogen-bond donors (Lipinski definition) is 1. The van der Waals surface area contributed by atoms with Crippen molar-refractivity contribution in [2.24, 2.45) is 0 Å². The molecule has 18 heavy (non-hydrogen) atoms. The molecule has 0 radical (unpaired) electrons. The molecule has 3 nitrogen and oxygen atoms in total. The predicted octanol–water partition coefficient (Wildman–Crippen LogP) is 3.82. The lowest BCUT2D eigenvalue weighted by molar-refractivity contribution is 0.0248. The summed E-state index contributed by atoms with van der Waals surface area (Å²) in [5.74, 6) is 0.676. The molecule has 0 amide bonds. The highest BCUT2D eigenvalue weighted by atomic mass is 16.5. The lowest BCUT2D eigenvalue weighted by Crippen LogP contribution is -2.21. The fourth-order valence-electron chi connectivity index (χ4n) is 2.95. The first-order valence-electron chi connectivity index (χ1n) is 7.48. The molecule has 0 bridgehead atoms. The Bertz CT molecular complexity index is 340. The molecular weight excluding hydrogens is 224 g/mol. The molecule has 0 atom stereocenters. The smallest absolute Gasteiger partial charge is 0.0575 e. The third kappa shape index (κ3) is 3.35. The minimum Gasteiger partial charge on any atom is -0.378 e. The van der Waals surface area contributed by atoms with Crippen LogP contribution in [0.4, 0.5) is 0 Å². The first-order valence-corrected chi connectivity index (χ1v) is 7.48. The van der Waals surface area contributed by atoms with E-state index < -0.39 is 0 Å². The number of H-pyrrole nitrogens is 1. The molecule has 0 aliphatic heterocycles. The number of aryl methyl sites for hydroxylation is 1. The summed E-state index contributed by atoms with van der Waals surface area (Å²) in [5, 5.41) is 7.46. The molecule has 1 aromatic rings. The van der Waals surface area contributed by atoms with Gasteiger partial charge < -0.3 is 4.74 Å². The van der Waals surface area contributed by atoms with Crippen LogP contribution < -0.4 is 0 Å². The van der Waals surface area contributed by atoms with Gasteiger partial charge in [0.15, 0.2) is 0 Å². The minimum absolute atomic E-state index is 0.499. The van der Waals surface area contributed by atoms with Gasteiger partial charge in [-0.05, 0) is 44.1 Å². The van der Waals surface area contributed by atoms with Crippen LogP contribution in [-0.4, -0.2) is 22.9 Å². The van der Waals surface area contributed by atoms with Crippen molar-refractivity contribution in [2.75, 3.05) is 6.61 Å². The van der Waals surface area contributed by atoms with Crippen molar-refractivity contribution in [3.05, 3.63) is 17.5 Å². The zero-order chi connectivity index (χ0) is 12.8. The fourth-order valence-corrected chi connectivity index (χ4v) is 2.95. The van der Waals surface area contributed by atoms with Gasteiger partial charge in [0.05, 0.1) is 12.3 Å². The van der Waals surface area contributed by atoms with Crippen molar-refractivity contribution in [3.8, 4) is 0 Å². The molecule has 0 unspecified atom stereocenters. The van der Waals surface area contributed by atoms with Crippen molar-refractivity contribution in [2.45, 2.75) is 70.8 Å². The van der Waals surface area contributed by atoms with Crippen LogP contribution in [0.3, 0.4) is 0 Å². The topological polar surface area (TPSA) is 37.9 Å². The van der Waals surface area contributed by atoms with Gasteiger partial charge in [-0.15, -0.1) is 0 Å². The summed E-state index contributed by atoms with van der Waals surface area (Å²) in [7, 11) is 0. The Morgan fingerprint density at radius 1 is 1.22 bits per heavy atom. The number of rotatable bonds is 6. The Kier molecular flexibility index (Phi) is 5.24. The van der Waals surface area contributed by atoms with E-state index in [1.165, 1.54) is 43.4 Å². The number of aromatic amines is 1. The highest BCUT2D eigenvalue weighted by molar-refractivity contribution is 5.21. The van der Waals surface area contributed by atoms with Crippen LogP contribution in [0.1, 0.15) is 69.5 Å². The molecule has 1 saturated carbocycles. The van der Waals surface area contributed by atoms with E-state index in [9.17, 15) is 0 Å². The molecule has 1 aliphatic carbocycles. The monoisotopic (exact) mass is 250 g/mol. The molecule has 0 aromatic carbocycles. The van der Waals surface area contributed by atoms with Crippen LogP contribution >= 0.6 is 0 Å². The fraction of sp³-hybridized carbons (Fsp3) is 0.800. The summed E-state index contributed by atoms with van der Waals surface area (Å²) < 4.78 is 5.85. The average molecular weight is 250 g/mol. The molecule has 1 aliphatic rings. The minimum atomic E-state index is 0.499. The van der Waals surface area contributed by atoms with Crippen LogP contribution in [0.2, 0.25) is 0 Å². The van der Waals surface area contributed by atoms with Crippen molar-refractivity contribution in [1.82, 2.24) is 10.2 Å². The van der Waals surface area contributed by atoms with Gasteiger partial charge in [-0.3, -0.25) is 5.10 Å². The lowest BCUT2D eigenvalue weighted by Gasteiger charge is -2.28. The normalized spacial score (nSPS) is 24.3. The van der Waals surface area contributed by atoms with Crippen LogP contribution in [0.25, 0.3) is 0 Å². The summed E-state index contributed by atoms with van der Waals surface area (Å²) in [5.41, 5.74) is 2.82. The Morgan fingerprint density at radius 2 is 2.00 bits per heavy atom. The van der Waals surface area contributed by atoms with Crippen LogP contribution in [0, 0.1) is 0 Å². The zero-order valence-electron chi connectivity index (χ0n) is 11.7. The van der Waals surface area contributed by atoms with Crippen LogP contribution in [0.5, 0.6) is 0 Å². The first-order chi connectivity index (χ1) is 8.85. The predicted molar refractivity (Wildman–Crippen MR) is 73.8 cm³/mol. The molecule has 1 aromatic heterocycles. The summed E-state index contributed by atoms with van der Waals surface area (Å²) in [6.07, 6.45) is 10.9. The standard InChI is InChI=1S/C15H26N2O/c1-3-5-13-11-16-17-15(13)12-6-8-14(9-7-12)18-10-4-2/h11-12,14H,3-10H2,1-2H3,(H,16,17). The summed E-state index contributed by atoms with van der Waals surface area (Å²) >= 11 is 0. The summed E-state index contributed by atoms with van der Waals surface area (Å²) in [6.45, 7) is 5.32. The van der Waals surface area contributed by atoms with Crippen molar-refractivity contribution in [3.63, 3.8) is 0 Å². The molecule has 3 heteroatoms. The molecule has 1 N–H and O–H groups in total. The summed E-state index contributed by atoms with van der Waals surface area (Å²) in [6, 6.07) is 0. The Labute approximate surface area is 110 Å². The van der Waals surface area contributed by atoms with Crippen molar-refractivity contribution in [1.29, 1.82) is 0 Å². The number of aromatic nitrogens is 2. The number of hydrogen-bond acceptors (Lipinski definition) is 2. The van der Waals surface area contributed by atoms with Gasteiger partial charge in [0.1, 0.15) is 0 Å². The third-order valence-electron chi connectivity index (χ3n) is 3.91. The maximum Gasteiger partial charge on any atom is 0.0575 e. The molecule has 1 heterocycles. The van der Waals surface area contributed by atoms with Crippen LogP contribution in [-0.2, 0) is 11.2 Å². The molecule has 102 valence electrons. The zero-order valence-corrected chi connectivity index (χ0v) is 11.7. The molecular formula is C15H26N2O. The second-order valence-corrected chi connectivity index (χ2v) is 5.40. The quantitative estimate of drug-likeness (QED) is 0.833. The highest BCUT2D eigenvalue weighted by Crippen LogP contribution is 2.34. The lowest BCUT2D eigenvalue weighted by atomic mass is 9.83. The SMILES string of the molecule is CCCOC1CCC(c2[nH]ncc2CCC)CC1. The van der Waals surface area contributed by atoms with E-state index in [2.05, 4.69) is 24.0 Å². The largest absolute Gasteiger partial charge is 0.378 e. The first kappa shape index (κ1) is 13.6. The average Bonchev–Trinajstić information content (AvgIpc) is 2.86. The Hall–Kier alpha value is -0.830. The van der Waals surface area contributed by atoms with Gasteiger partial charge in [-0.2, -0.15) is 5.10 Å². The maximum atomic E-state index is 5.85. The van der Waals surface area contributed by atoms with E-state index in [0.717, 1.165) is 19.4 Å². The molecule has 1 fully saturated rings. The van der Waals surface area contributed by atoms with Gasteiger partial charge >= 0.3 is 0 Å². The molecule has 0 spiro atoms. The number of ether oxygens (including phenoxy) is 1. The van der Waals surface area contributed by atoms with Gasteiger partial charge in [0.25, 0.3) is 0 Å². The van der Waals surface area contributed by atoms with Gasteiger partial charge in [-0.1, -0.05) is 20.3 Å². The van der Waals surface area contributed by atoms with E-state index in [-0.39, 0.29) is 0 Å². The van der Waals surface area contributed by atoms with Crippen molar-refractivity contribution >= 4 is 0 Å². The van der Waals surface area contributed by atoms with E-state index >= 15 is 0 Å². The molecule has 0 saturated heterocycles. The maximum absolute atomic E-state index is 5.85. The highest BCUT2D eigenvalue weighted by Gasteiger charge is 2.25. The van der Waals surface area contributed by atoms with Gasteiger partial charge in [-0.25, -0.2) is 0 Å². The molecule has 2 rings (SSSR count). The second kappa shape index (κ2) is 6.93. The Morgan fingerprint density at radius 3 is 2.67 bits per heavy atom. The van der Waals surface area contributed by atoms with E-state index in [0.29, 0.717) is 12.0 Å². The number of nitrogens with one attached hydrogen (secondary N) is 1. The van der Waals surface area contributed by atoms with E-state index in [1.807, 2.05) is 6.20 Å². The van der Waals surface area contributed by atoms with Crippen LogP contribution in [0.15, 0.2) is 6.20 Å². The second-order valence-electron chi connectivity index (χ2n) is 5.40. The van der Waals surface area contributed by atoms with E-state index in [1.54, 1.807) is 0 Å². The third-order valence-corrected chi connectivity index (χ3v) is 3.91. The Balaban J connectivity index is 1.86. The van der Waals surface area contributed by atoms with Gasteiger partial charge in [0.2, 0.25) is 0 Å². The summed E-state index contributed by atoms with van der Waals surface area (Å²) in [4.78, 5) is 0.